The first-order valence-corrected chi connectivity index (χ1v) is 4.84. The van der Waals surface area contributed by atoms with Crippen molar-refractivity contribution in [2.45, 2.75) is 26.2 Å². The van der Waals surface area contributed by atoms with Gasteiger partial charge in [0.25, 0.3) is 0 Å². The van der Waals surface area contributed by atoms with Crippen molar-refractivity contribution in [3.05, 3.63) is 28.8 Å². The fraction of sp³-hybridized carbons (Fsp3) is 0.417. The summed E-state index contributed by atoms with van der Waals surface area (Å²) in [5.74, 6) is 0. The zero-order valence-corrected chi connectivity index (χ0v) is 8.81. The molecule has 0 radical (unpaired) electrons. The molecule has 0 aromatic heterocycles. The summed E-state index contributed by atoms with van der Waals surface area (Å²) in [7, 11) is 0. The van der Waals surface area contributed by atoms with Gasteiger partial charge in [-0.05, 0) is 24.1 Å². The van der Waals surface area contributed by atoms with Gasteiger partial charge in [0.05, 0.1) is 11.6 Å². The van der Waals surface area contributed by atoms with Gasteiger partial charge in [0, 0.05) is 17.6 Å². The van der Waals surface area contributed by atoms with E-state index < -0.39 is 0 Å². The van der Waals surface area contributed by atoms with Crippen molar-refractivity contribution in [2.75, 3.05) is 11.9 Å². The van der Waals surface area contributed by atoms with E-state index in [4.69, 9.17) is 5.26 Å². The van der Waals surface area contributed by atoms with E-state index in [1.54, 1.807) is 0 Å². The fourth-order valence-corrected chi connectivity index (χ4v) is 1.95. The Morgan fingerprint density at radius 3 is 2.79 bits per heavy atom. The molecule has 0 unspecified atom stereocenters. The van der Waals surface area contributed by atoms with Crippen molar-refractivity contribution in [1.82, 2.24) is 0 Å². The molecule has 1 heterocycles. The van der Waals surface area contributed by atoms with Crippen molar-refractivity contribution in [1.29, 1.82) is 5.26 Å². The second kappa shape index (κ2) is 2.75. The number of rotatable bonds is 0. The van der Waals surface area contributed by atoms with Gasteiger partial charge in [-0.25, -0.2) is 0 Å². The van der Waals surface area contributed by atoms with Gasteiger partial charge < -0.3 is 5.32 Å². The summed E-state index contributed by atoms with van der Waals surface area (Å²) in [4.78, 5) is 0. The number of aryl methyl sites for hydroxylation is 1. The normalized spacial score (nSPS) is 17.0. The van der Waals surface area contributed by atoms with E-state index >= 15 is 0 Å². The Balaban J connectivity index is 2.62. The maximum absolute atomic E-state index is 8.90. The highest BCUT2D eigenvalue weighted by Crippen LogP contribution is 2.37. The number of fused-ring (bicyclic) bond motifs is 1. The van der Waals surface area contributed by atoms with Crippen LogP contribution in [0.4, 0.5) is 5.69 Å². The molecule has 2 nitrogen and oxygen atoms in total. The molecule has 72 valence electrons. The van der Waals surface area contributed by atoms with Crippen molar-refractivity contribution in [2.24, 2.45) is 0 Å². The van der Waals surface area contributed by atoms with Gasteiger partial charge in [0.2, 0.25) is 0 Å². The van der Waals surface area contributed by atoms with Crippen molar-refractivity contribution < 1.29 is 0 Å². The molecule has 1 aliphatic heterocycles. The van der Waals surface area contributed by atoms with Crippen LogP contribution in [0.25, 0.3) is 0 Å². The first-order chi connectivity index (χ1) is 6.54. The lowest BCUT2D eigenvalue weighted by Gasteiger charge is -2.17. The van der Waals surface area contributed by atoms with Gasteiger partial charge in [-0.15, -0.1) is 0 Å². The SMILES string of the molecule is Cc1cc2c(cc1C#N)NCC2(C)C. The fourth-order valence-electron chi connectivity index (χ4n) is 1.95. The van der Waals surface area contributed by atoms with Gasteiger partial charge in [0.1, 0.15) is 0 Å². The maximum atomic E-state index is 8.90. The zero-order valence-electron chi connectivity index (χ0n) is 8.81. The summed E-state index contributed by atoms with van der Waals surface area (Å²) in [6, 6.07) is 6.30. The lowest BCUT2D eigenvalue weighted by Crippen LogP contribution is -2.18. The number of hydrogen-bond donors (Lipinski definition) is 1. The van der Waals surface area contributed by atoms with Crippen LogP contribution < -0.4 is 5.32 Å². The second-order valence-electron chi connectivity index (χ2n) is 4.56. The standard InChI is InChI=1S/C12H14N2/c1-8-4-10-11(5-9(8)6-13)14-7-12(10,2)3/h4-5,14H,7H2,1-3H3. The first-order valence-electron chi connectivity index (χ1n) is 4.84. The minimum Gasteiger partial charge on any atom is -0.384 e. The Morgan fingerprint density at radius 2 is 2.14 bits per heavy atom. The van der Waals surface area contributed by atoms with Crippen LogP contribution in [-0.2, 0) is 5.41 Å². The molecular weight excluding hydrogens is 172 g/mol. The number of anilines is 1. The second-order valence-corrected chi connectivity index (χ2v) is 4.56. The average Bonchev–Trinajstić information content (AvgIpc) is 2.42. The molecule has 1 aromatic carbocycles. The van der Waals surface area contributed by atoms with E-state index in [9.17, 15) is 0 Å². The molecule has 0 atom stereocenters. The summed E-state index contributed by atoms with van der Waals surface area (Å²) < 4.78 is 0. The lowest BCUT2D eigenvalue weighted by atomic mass is 9.85. The van der Waals surface area contributed by atoms with Crippen molar-refractivity contribution in [3.63, 3.8) is 0 Å². The average molecular weight is 186 g/mol. The molecule has 2 rings (SSSR count). The van der Waals surface area contributed by atoms with Gasteiger partial charge in [-0.3, -0.25) is 0 Å². The molecule has 0 saturated heterocycles. The Morgan fingerprint density at radius 1 is 1.43 bits per heavy atom. The zero-order chi connectivity index (χ0) is 10.3. The number of benzene rings is 1. The van der Waals surface area contributed by atoms with Gasteiger partial charge in [-0.1, -0.05) is 19.9 Å². The Hall–Kier alpha value is -1.49. The molecule has 0 fully saturated rings. The van der Waals surface area contributed by atoms with Crippen molar-refractivity contribution >= 4 is 5.69 Å². The summed E-state index contributed by atoms with van der Waals surface area (Å²) >= 11 is 0. The quantitative estimate of drug-likeness (QED) is 0.676. The van der Waals surface area contributed by atoms with Crippen LogP contribution in [0, 0.1) is 18.3 Å². The van der Waals surface area contributed by atoms with E-state index in [0.29, 0.717) is 0 Å². The molecular formula is C12H14N2. The van der Waals surface area contributed by atoms with Crippen LogP contribution in [0.15, 0.2) is 12.1 Å². The third-order valence-electron chi connectivity index (χ3n) is 2.93. The Kier molecular flexibility index (Phi) is 1.78. The number of hydrogen-bond acceptors (Lipinski definition) is 2. The first kappa shape index (κ1) is 9.08. The molecule has 0 saturated carbocycles. The lowest BCUT2D eigenvalue weighted by molar-refractivity contribution is 0.586. The van der Waals surface area contributed by atoms with E-state index in [1.807, 2.05) is 13.0 Å². The highest BCUT2D eigenvalue weighted by molar-refractivity contribution is 5.64. The van der Waals surface area contributed by atoms with E-state index in [0.717, 1.165) is 23.4 Å². The number of nitriles is 1. The van der Waals surface area contributed by atoms with Crippen LogP contribution >= 0.6 is 0 Å². The highest BCUT2D eigenvalue weighted by Gasteiger charge is 2.30. The monoisotopic (exact) mass is 186 g/mol. The van der Waals surface area contributed by atoms with Gasteiger partial charge >= 0.3 is 0 Å². The molecule has 1 aromatic rings. The predicted octanol–water partition coefficient (Wildman–Crippen LogP) is 2.57. The predicted molar refractivity (Wildman–Crippen MR) is 57.4 cm³/mol. The molecule has 0 amide bonds. The van der Waals surface area contributed by atoms with Crippen LogP contribution in [0.5, 0.6) is 0 Å². The minimum absolute atomic E-state index is 0.189. The highest BCUT2D eigenvalue weighted by atomic mass is 14.9. The third kappa shape index (κ3) is 1.17. The van der Waals surface area contributed by atoms with Crippen LogP contribution in [-0.4, -0.2) is 6.54 Å². The summed E-state index contributed by atoms with van der Waals surface area (Å²) in [5.41, 5.74) is 4.48. The maximum Gasteiger partial charge on any atom is 0.0995 e. The van der Waals surface area contributed by atoms with E-state index in [2.05, 4.69) is 31.3 Å². The summed E-state index contributed by atoms with van der Waals surface area (Å²) in [6.07, 6.45) is 0. The van der Waals surface area contributed by atoms with Gasteiger partial charge in [0.15, 0.2) is 0 Å². The van der Waals surface area contributed by atoms with Crippen LogP contribution in [0.3, 0.4) is 0 Å². The minimum atomic E-state index is 0.189. The smallest absolute Gasteiger partial charge is 0.0995 e. The summed E-state index contributed by atoms with van der Waals surface area (Å²) in [5, 5.41) is 12.2. The molecule has 1 aliphatic rings. The largest absolute Gasteiger partial charge is 0.384 e. The molecule has 2 heteroatoms. The number of nitrogens with one attached hydrogen (secondary N) is 1. The number of nitrogens with zero attached hydrogens (tertiary/aromatic N) is 1. The Bertz CT molecular complexity index is 425. The van der Waals surface area contributed by atoms with Crippen LogP contribution in [0.2, 0.25) is 0 Å². The van der Waals surface area contributed by atoms with Crippen molar-refractivity contribution in [3.8, 4) is 6.07 Å². The van der Waals surface area contributed by atoms with E-state index in [1.165, 1.54) is 5.56 Å². The summed E-state index contributed by atoms with van der Waals surface area (Å²) in [6.45, 7) is 7.39. The van der Waals surface area contributed by atoms with Crippen LogP contribution in [0.1, 0.15) is 30.5 Å². The molecule has 0 bridgehead atoms. The molecule has 0 spiro atoms. The molecule has 1 N–H and O–H groups in total. The molecule has 14 heavy (non-hydrogen) atoms. The Labute approximate surface area is 84.6 Å². The van der Waals surface area contributed by atoms with E-state index in [-0.39, 0.29) is 5.41 Å². The molecule has 0 aliphatic carbocycles. The van der Waals surface area contributed by atoms with Gasteiger partial charge in [-0.2, -0.15) is 5.26 Å². The third-order valence-corrected chi connectivity index (χ3v) is 2.93. The topological polar surface area (TPSA) is 35.8 Å².